The number of hydrogen-bond donors (Lipinski definition) is 1. The molecular formula is C23H28N4O2S. The van der Waals surface area contributed by atoms with Crippen molar-refractivity contribution in [2.75, 3.05) is 5.32 Å². The van der Waals surface area contributed by atoms with Crippen LogP contribution < -0.4 is 10.9 Å². The number of benzene rings is 1. The molecule has 1 aliphatic carbocycles. The third kappa shape index (κ3) is 3.67. The Hall–Kier alpha value is -2.54. The van der Waals surface area contributed by atoms with Crippen LogP contribution in [0, 0.1) is 5.92 Å². The van der Waals surface area contributed by atoms with Crippen molar-refractivity contribution >= 4 is 33.1 Å². The van der Waals surface area contributed by atoms with E-state index in [0.29, 0.717) is 22.6 Å². The van der Waals surface area contributed by atoms with E-state index in [0.717, 1.165) is 36.1 Å². The highest BCUT2D eigenvalue weighted by atomic mass is 32.1. The summed E-state index contributed by atoms with van der Waals surface area (Å²) >= 11 is 1.57. The molecule has 1 N–H and O–H groups in total. The quantitative estimate of drug-likeness (QED) is 0.644. The van der Waals surface area contributed by atoms with Gasteiger partial charge in [-0.2, -0.15) is 4.68 Å². The van der Waals surface area contributed by atoms with Crippen molar-refractivity contribution in [2.24, 2.45) is 5.92 Å². The maximum atomic E-state index is 13.4. The number of rotatable bonds is 5. The molecule has 4 rings (SSSR count). The van der Waals surface area contributed by atoms with E-state index < -0.39 is 6.04 Å². The van der Waals surface area contributed by atoms with Crippen molar-refractivity contribution in [2.45, 2.75) is 65.3 Å². The molecule has 3 aromatic rings. The summed E-state index contributed by atoms with van der Waals surface area (Å²) in [6, 6.07) is 7.07. The minimum Gasteiger partial charge on any atom is -0.324 e. The van der Waals surface area contributed by atoms with Crippen molar-refractivity contribution in [3.63, 3.8) is 0 Å². The van der Waals surface area contributed by atoms with Gasteiger partial charge in [-0.25, -0.2) is 0 Å². The number of amides is 1. The summed E-state index contributed by atoms with van der Waals surface area (Å²) in [6.07, 6.45) is 3.41. The first-order chi connectivity index (χ1) is 14.4. The molecule has 0 fully saturated rings. The molecule has 1 aliphatic rings. The zero-order valence-corrected chi connectivity index (χ0v) is 18.8. The first kappa shape index (κ1) is 20.7. The molecule has 30 heavy (non-hydrogen) atoms. The molecule has 2 unspecified atom stereocenters. The largest absolute Gasteiger partial charge is 0.324 e. The highest BCUT2D eigenvalue weighted by molar-refractivity contribution is 7.18. The fourth-order valence-corrected chi connectivity index (χ4v) is 5.59. The van der Waals surface area contributed by atoms with Crippen LogP contribution in [0.1, 0.15) is 68.5 Å². The first-order valence-corrected chi connectivity index (χ1v) is 11.5. The number of nitrogens with zero attached hydrogens (tertiary/aromatic N) is 3. The molecule has 0 aliphatic heterocycles. The van der Waals surface area contributed by atoms with E-state index >= 15 is 0 Å². The molecule has 0 bridgehead atoms. The van der Waals surface area contributed by atoms with Crippen LogP contribution in [-0.4, -0.2) is 20.9 Å². The predicted octanol–water partition coefficient (Wildman–Crippen LogP) is 4.69. The Morgan fingerprint density at radius 3 is 2.83 bits per heavy atom. The van der Waals surface area contributed by atoms with Crippen LogP contribution in [0.4, 0.5) is 5.69 Å². The summed E-state index contributed by atoms with van der Waals surface area (Å²) in [5.41, 5.74) is 2.75. The van der Waals surface area contributed by atoms with Crippen molar-refractivity contribution in [1.82, 2.24) is 15.0 Å². The third-order valence-corrected chi connectivity index (χ3v) is 7.11. The number of para-hydroxylation sites is 1. The number of anilines is 1. The lowest BCUT2D eigenvalue weighted by atomic mass is 9.89. The molecule has 158 valence electrons. The van der Waals surface area contributed by atoms with Crippen molar-refractivity contribution in [3.05, 3.63) is 50.6 Å². The predicted molar refractivity (Wildman–Crippen MR) is 121 cm³/mol. The van der Waals surface area contributed by atoms with E-state index in [1.807, 2.05) is 31.2 Å². The van der Waals surface area contributed by atoms with Crippen LogP contribution in [0.25, 0.3) is 10.2 Å². The second-order valence-electron chi connectivity index (χ2n) is 8.53. The number of hydrogen-bond acceptors (Lipinski definition) is 5. The summed E-state index contributed by atoms with van der Waals surface area (Å²) in [6.45, 7) is 8.31. The number of nitrogens with one attached hydrogen (secondary N) is 1. The molecule has 2 aromatic heterocycles. The molecular weight excluding hydrogens is 396 g/mol. The number of aryl methyl sites for hydroxylation is 1. The van der Waals surface area contributed by atoms with Gasteiger partial charge >= 0.3 is 0 Å². The van der Waals surface area contributed by atoms with Gasteiger partial charge in [0.15, 0.2) is 4.83 Å². The van der Waals surface area contributed by atoms with Crippen LogP contribution in [0.15, 0.2) is 29.1 Å². The van der Waals surface area contributed by atoms with Gasteiger partial charge in [-0.1, -0.05) is 51.1 Å². The van der Waals surface area contributed by atoms with Gasteiger partial charge < -0.3 is 5.32 Å². The van der Waals surface area contributed by atoms with Crippen LogP contribution in [-0.2, 0) is 17.6 Å². The standard InChI is InChI=1S/C23H28N4O2S/c1-5-18(21(28)24-17-9-7-6-8-15(17)13(2)3)27-23(29)20-16-11-10-14(4)12-19(16)30-22(20)25-26-27/h6-9,13-14,18H,5,10-12H2,1-4H3,(H,24,28). The number of aromatic nitrogens is 3. The Balaban J connectivity index is 1.71. The SMILES string of the molecule is CCC(C(=O)Nc1ccccc1C(C)C)n1nnc2sc3c(c2c1=O)CCC(C)C3. The minimum absolute atomic E-state index is 0.203. The second-order valence-corrected chi connectivity index (χ2v) is 9.61. The Morgan fingerprint density at radius 2 is 2.10 bits per heavy atom. The van der Waals surface area contributed by atoms with Gasteiger partial charge in [0.1, 0.15) is 6.04 Å². The number of thiophene rings is 1. The molecule has 0 radical (unpaired) electrons. The molecule has 6 nitrogen and oxygen atoms in total. The van der Waals surface area contributed by atoms with Gasteiger partial charge in [0.25, 0.3) is 5.56 Å². The number of carbonyl (C=O) groups excluding carboxylic acids is 1. The zero-order chi connectivity index (χ0) is 21.4. The number of carbonyl (C=O) groups is 1. The fraction of sp³-hybridized carbons (Fsp3) is 0.478. The maximum Gasteiger partial charge on any atom is 0.279 e. The summed E-state index contributed by atoms with van der Waals surface area (Å²) < 4.78 is 1.28. The van der Waals surface area contributed by atoms with Crippen molar-refractivity contribution in [1.29, 1.82) is 0 Å². The van der Waals surface area contributed by atoms with Gasteiger partial charge in [0.05, 0.1) is 5.39 Å². The Bertz CT molecular complexity index is 1150. The Morgan fingerprint density at radius 1 is 1.33 bits per heavy atom. The van der Waals surface area contributed by atoms with Gasteiger partial charge in [-0.15, -0.1) is 16.4 Å². The van der Waals surface area contributed by atoms with E-state index in [2.05, 4.69) is 36.4 Å². The van der Waals surface area contributed by atoms with Gasteiger partial charge in [0.2, 0.25) is 5.91 Å². The smallest absolute Gasteiger partial charge is 0.279 e. The zero-order valence-electron chi connectivity index (χ0n) is 17.9. The van der Waals surface area contributed by atoms with Crippen molar-refractivity contribution < 1.29 is 4.79 Å². The lowest BCUT2D eigenvalue weighted by Gasteiger charge is -2.19. The lowest BCUT2D eigenvalue weighted by Crippen LogP contribution is -2.35. The maximum absolute atomic E-state index is 13.4. The summed E-state index contributed by atoms with van der Waals surface area (Å²) in [5, 5.41) is 12.2. The average Bonchev–Trinajstić information content (AvgIpc) is 3.08. The third-order valence-electron chi connectivity index (χ3n) is 5.97. The highest BCUT2D eigenvalue weighted by Gasteiger charge is 2.27. The second kappa shape index (κ2) is 8.30. The number of fused-ring (bicyclic) bond motifs is 3. The normalized spacial score (nSPS) is 17.2. The lowest BCUT2D eigenvalue weighted by molar-refractivity contribution is -0.119. The van der Waals surface area contributed by atoms with Gasteiger partial charge in [-0.05, 0) is 54.7 Å². The fourth-order valence-electron chi connectivity index (χ4n) is 4.27. The average molecular weight is 425 g/mol. The van der Waals surface area contributed by atoms with E-state index in [-0.39, 0.29) is 17.4 Å². The summed E-state index contributed by atoms with van der Waals surface area (Å²) in [7, 11) is 0. The molecule has 0 saturated heterocycles. The molecule has 0 saturated carbocycles. The Labute approximate surface area is 180 Å². The van der Waals surface area contributed by atoms with Gasteiger partial charge in [-0.3, -0.25) is 9.59 Å². The molecule has 2 heterocycles. The van der Waals surface area contributed by atoms with Gasteiger partial charge in [0, 0.05) is 10.6 Å². The van der Waals surface area contributed by atoms with Crippen LogP contribution in [0.5, 0.6) is 0 Å². The van der Waals surface area contributed by atoms with Crippen LogP contribution in [0.3, 0.4) is 0 Å². The minimum atomic E-state index is -0.701. The topological polar surface area (TPSA) is 76.9 Å². The summed E-state index contributed by atoms with van der Waals surface area (Å²) in [4.78, 5) is 28.4. The molecule has 7 heteroatoms. The molecule has 1 amide bonds. The van der Waals surface area contributed by atoms with E-state index in [1.165, 1.54) is 9.56 Å². The highest BCUT2D eigenvalue weighted by Crippen LogP contribution is 2.35. The Kier molecular flexibility index (Phi) is 5.73. The van der Waals surface area contributed by atoms with E-state index in [4.69, 9.17) is 0 Å². The molecule has 1 aromatic carbocycles. The first-order valence-electron chi connectivity index (χ1n) is 10.7. The van der Waals surface area contributed by atoms with Crippen LogP contribution in [0.2, 0.25) is 0 Å². The molecule has 2 atom stereocenters. The summed E-state index contributed by atoms with van der Waals surface area (Å²) in [5.74, 6) is 0.662. The van der Waals surface area contributed by atoms with Crippen molar-refractivity contribution in [3.8, 4) is 0 Å². The molecule has 0 spiro atoms. The van der Waals surface area contributed by atoms with E-state index in [9.17, 15) is 9.59 Å². The van der Waals surface area contributed by atoms with Crippen LogP contribution >= 0.6 is 11.3 Å². The van der Waals surface area contributed by atoms with E-state index in [1.54, 1.807) is 11.3 Å². The monoisotopic (exact) mass is 424 g/mol.